The number of carbonyl (C=O) groups excluding carboxylic acids is 1. The second-order valence-corrected chi connectivity index (χ2v) is 6.53. The maximum absolute atomic E-state index is 12.0. The average Bonchev–Trinajstić information content (AvgIpc) is 2.64. The van der Waals surface area contributed by atoms with Crippen LogP contribution in [0.1, 0.15) is 11.1 Å². The smallest absolute Gasteiger partial charge is 0.336 e. The van der Waals surface area contributed by atoms with E-state index >= 15 is 0 Å². The van der Waals surface area contributed by atoms with Gasteiger partial charge in [-0.2, -0.15) is 0 Å². The van der Waals surface area contributed by atoms with Crippen molar-refractivity contribution >= 4 is 28.0 Å². The predicted molar refractivity (Wildman–Crippen MR) is 105 cm³/mol. The van der Waals surface area contributed by atoms with Crippen LogP contribution in [0, 0.1) is 6.92 Å². The standard InChI is InChI=1S/C22H17BrO2/c1-16-7-9-17(10-8-16)11-14-22(24)25-21-13-12-19(15-20(21)23)18-5-3-2-4-6-18/h2-15H,1H3/b14-11+. The summed E-state index contributed by atoms with van der Waals surface area (Å²) in [5, 5.41) is 0. The number of carbonyl (C=O) groups is 1. The van der Waals surface area contributed by atoms with Crippen molar-refractivity contribution < 1.29 is 9.53 Å². The number of aryl methyl sites for hydroxylation is 1. The van der Waals surface area contributed by atoms with Crippen LogP contribution >= 0.6 is 15.9 Å². The van der Waals surface area contributed by atoms with Gasteiger partial charge in [-0.1, -0.05) is 66.2 Å². The third kappa shape index (κ3) is 4.68. The maximum Gasteiger partial charge on any atom is 0.336 e. The van der Waals surface area contributed by atoms with Crippen LogP contribution in [0.5, 0.6) is 5.75 Å². The fraction of sp³-hybridized carbons (Fsp3) is 0.0455. The minimum atomic E-state index is -0.409. The Balaban J connectivity index is 1.70. The number of benzene rings is 3. The van der Waals surface area contributed by atoms with Crippen molar-refractivity contribution in [2.45, 2.75) is 6.92 Å². The molecule has 3 aromatic rings. The summed E-state index contributed by atoms with van der Waals surface area (Å²) < 4.78 is 6.15. The van der Waals surface area contributed by atoms with Crippen molar-refractivity contribution in [3.63, 3.8) is 0 Å². The molecule has 0 bridgehead atoms. The number of halogens is 1. The number of rotatable bonds is 4. The molecule has 0 aliphatic heterocycles. The van der Waals surface area contributed by atoms with Gasteiger partial charge in [-0.3, -0.25) is 0 Å². The Bertz CT molecular complexity index is 897. The molecule has 0 N–H and O–H groups in total. The Morgan fingerprint density at radius 3 is 2.32 bits per heavy atom. The number of hydrogen-bond donors (Lipinski definition) is 0. The highest BCUT2D eigenvalue weighted by atomic mass is 79.9. The lowest BCUT2D eigenvalue weighted by Gasteiger charge is -2.07. The zero-order valence-corrected chi connectivity index (χ0v) is 15.4. The largest absolute Gasteiger partial charge is 0.422 e. The van der Waals surface area contributed by atoms with Gasteiger partial charge in [0.15, 0.2) is 0 Å². The van der Waals surface area contributed by atoms with E-state index in [-0.39, 0.29) is 0 Å². The maximum atomic E-state index is 12.0. The molecular weight excluding hydrogens is 376 g/mol. The molecule has 0 aliphatic carbocycles. The van der Waals surface area contributed by atoms with Gasteiger partial charge in [0.05, 0.1) is 4.47 Å². The molecular formula is C22H17BrO2. The van der Waals surface area contributed by atoms with Gasteiger partial charge in [0.25, 0.3) is 0 Å². The van der Waals surface area contributed by atoms with Crippen LogP contribution < -0.4 is 4.74 Å². The normalized spacial score (nSPS) is 10.8. The molecule has 25 heavy (non-hydrogen) atoms. The number of esters is 1. The highest BCUT2D eigenvalue weighted by Crippen LogP contribution is 2.30. The third-order valence-electron chi connectivity index (χ3n) is 3.74. The van der Waals surface area contributed by atoms with E-state index in [1.54, 1.807) is 12.1 Å². The Morgan fingerprint density at radius 1 is 0.920 bits per heavy atom. The van der Waals surface area contributed by atoms with Gasteiger partial charge >= 0.3 is 5.97 Å². The first-order chi connectivity index (χ1) is 12.1. The summed E-state index contributed by atoms with van der Waals surface area (Å²) in [5.41, 5.74) is 4.31. The number of ether oxygens (including phenoxy) is 1. The van der Waals surface area contributed by atoms with Crippen LogP contribution in [-0.4, -0.2) is 5.97 Å². The fourth-order valence-corrected chi connectivity index (χ4v) is 2.84. The molecule has 0 radical (unpaired) electrons. The Kier molecular flexibility index (Phi) is 5.46. The van der Waals surface area contributed by atoms with E-state index in [1.807, 2.05) is 73.7 Å². The van der Waals surface area contributed by atoms with Crippen LogP contribution in [0.4, 0.5) is 0 Å². The van der Waals surface area contributed by atoms with Crippen molar-refractivity contribution in [2.24, 2.45) is 0 Å². The second-order valence-electron chi connectivity index (χ2n) is 5.68. The average molecular weight is 393 g/mol. The molecule has 0 saturated carbocycles. The van der Waals surface area contributed by atoms with E-state index in [0.717, 1.165) is 21.2 Å². The molecule has 124 valence electrons. The Morgan fingerprint density at radius 2 is 1.64 bits per heavy atom. The first-order valence-electron chi connectivity index (χ1n) is 7.93. The minimum absolute atomic E-state index is 0.409. The molecule has 0 aliphatic rings. The molecule has 0 fully saturated rings. The summed E-state index contributed by atoms with van der Waals surface area (Å²) in [7, 11) is 0. The summed E-state index contributed by atoms with van der Waals surface area (Å²) in [6, 6.07) is 23.7. The van der Waals surface area contributed by atoms with Crippen molar-refractivity contribution in [1.82, 2.24) is 0 Å². The van der Waals surface area contributed by atoms with Gasteiger partial charge in [-0.25, -0.2) is 4.79 Å². The zero-order valence-electron chi connectivity index (χ0n) is 13.8. The van der Waals surface area contributed by atoms with E-state index < -0.39 is 5.97 Å². The predicted octanol–water partition coefficient (Wildman–Crippen LogP) is 6.04. The highest BCUT2D eigenvalue weighted by Gasteiger charge is 2.07. The molecule has 0 unspecified atom stereocenters. The van der Waals surface area contributed by atoms with Crippen LogP contribution in [0.25, 0.3) is 17.2 Å². The van der Waals surface area contributed by atoms with Crippen molar-refractivity contribution in [3.8, 4) is 16.9 Å². The molecule has 0 spiro atoms. The molecule has 0 heterocycles. The van der Waals surface area contributed by atoms with E-state index in [1.165, 1.54) is 11.6 Å². The third-order valence-corrected chi connectivity index (χ3v) is 4.36. The molecule has 0 amide bonds. The van der Waals surface area contributed by atoms with E-state index in [2.05, 4.69) is 15.9 Å². The fourth-order valence-electron chi connectivity index (χ4n) is 2.38. The lowest BCUT2D eigenvalue weighted by atomic mass is 10.1. The highest BCUT2D eigenvalue weighted by molar-refractivity contribution is 9.10. The van der Waals surface area contributed by atoms with Gasteiger partial charge in [-0.05, 0) is 57.8 Å². The Hall–Kier alpha value is -2.65. The summed E-state index contributed by atoms with van der Waals surface area (Å²) >= 11 is 3.48. The molecule has 0 aromatic heterocycles. The van der Waals surface area contributed by atoms with Crippen LogP contribution in [0.3, 0.4) is 0 Å². The van der Waals surface area contributed by atoms with Crippen molar-refractivity contribution in [2.75, 3.05) is 0 Å². The van der Waals surface area contributed by atoms with E-state index in [4.69, 9.17) is 4.74 Å². The zero-order chi connectivity index (χ0) is 17.6. The molecule has 2 nitrogen and oxygen atoms in total. The van der Waals surface area contributed by atoms with E-state index in [0.29, 0.717) is 5.75 Å². The lowest BCUT2D eigenvalue weighted by Crippen LogP contribution is -2.04. The van der Waals surface area contributed by atoms with Gasteiger partial charge < -0.3 is 4.74 Å². The molecule has 0 saturated heterocycles. The SMILES string of the molecule is Cc1ccc(/C=C/C(=O)Oc2ccc(-c3ccccc3)cc2Br)cc1. The van der Waals surface area contributed by atoms with Crippen LogP contribution in [0.2, 0.25) is 0 Å². The van der Waals surface area contributed by atoms with Gasteiger partial charge in [-0.15, -0.1) is 0 Å². The summed E-state index contributed by atoms with van der Waals surface area (Å²) in [6.07, 6.45) is 3.18. The van der Waals surface area contributed by atoms with Gasteiger partial charge in [0.1, 0.15) is 5.75 Å². The first-order valence-corrected chi connectivity index (χ1v) is 8.73. The number of hydrogen-bond acceptors (Lipinski definition) is 2. The lowest BCUT2D eigenvalue weighted by molar-refractivity contribution is -0.128. The topological polar surface area (TPSA) is 26.3 Å². The molecule has 3 rings (SSSR count). The second kappa shape index (κ2) is 7.95. The van der Waals surface area contributed by atoms with Crippen molar-refractivity contribution in [3.05, 3.63) is 94.5 Å². The minimum Gasteiger partial charge on any atom is -0.422 e. The van der Waals surface area contributed by atoms with Gasteiger partial charge in [0.2, 0.25) is 0 Å². The Labute approximate surface area is 155 Å². The molecule has 3 aromatic carbocycles. The molecule has 0 atom stereocenters. The summed E-state index contributed by atoms with van der Waals surface area (Å²) in [6.45, 7) is 2.03. The first kappa shape index (κ1) is 17.2. The van der Waals surface area contributed by atoms with Crippen LogP contribution in [0.15, 0.2) is 83.3 Å². The van der Waals surface area contributed by atoms with Gasteiger partial charge in [0, 0.05) is 6.08 Å². The summed E-state index contributed by atoms with van der Waals surface area (Å²) in [5.74, 6) is 0.0898. The quantitative estimate of drug-likeness (QED) is 0.307. The van der Waals surface area contributed by atoms with Crippen LogP contribution in [-0.2, 0) is 4.79 Å². The summed E-state index contributed by atoms with van der Waals surface area (Å²) in [4.78, 5) is 12.0. The van der Waals surface area contributed by atoms with E-state index in [9.17, 15) is 4.79 Å². The van der Waals surface area contributed by atoms with Crippen molar-refractivity contribution in [1.29, 1.82) is 0 Å². The monoisotopic (exact) mass is 392 g/mol. The molecule has 3 heteroatoms.